The van der Waals surface area contributed by atoms with Gasteiger partial charge in [-0.1, -0.05) is 0 Å². The number of rotatable bonds is 7. The van der Waals surface area contributed by atoms with Crippen LogP contribution in [-0.2, 0) is 9.53 Å². The molecular weight excluding hydrogens is 198 g/mol. The Morgan fingerprint density at radius 3 is 2.86 bits per heavy atom. The van der Waals surface area contributed by atoms with Gasteiger partial charge >= 0.3 is 5.97 Å². The first-order valence-electron chi connectivity index (χ1n) is 5.19. The highest BCUT2D eigenvalue weighted by Crippen LogP contribution is 2.20. The lowest BCUT2D eigenvalue weighted by atomic mass is 10.2. The fourth-order valence-electron chi connectivity index (χ4n) is 1.28. The fraction of sp³-hybridized carbons (Fsp3) is 0.900. The Labute approximate surface area is 90.0 Å². The number of thioether (sulfide) groups is 1. The number of ether oxygens (including phenoxy) is 1. The third kappa shape index (κ3) is 4.33. The monoisotopic (exact) mass is 217 g/mol. The lowest BCUT2D eigenvalue weighted by Crippen LogP contribution is -2.39. The molecule has 1 aliphatic carbocycles. The van der Waals surface area contributed by atoms with Gasteiger partial charge in [0.25, 0.3) is 0 Å². The van der Waals surface area contributed by atoms with Crippen LogP contribution < -0.4 is 5.32 Å². The van der Waals surface area contributed by atoms with E-state index >= 15 is 0 Å². The number of hydrogen-bond donors (Lipinski definition) is 1. The Hall–Kier alpha value is -0.220. The van der Waals surface area contributed by atoms with E-state index in [1.807, 2.05) is 6.92 Å². The second-order valence-electron chi connectivity index (χ2n) is 3.53. The average molecular weight is 217 g/mol. The summed E-state index contributed by atoms with van der Waals surface area (Å²) >= 11 is 1.77. The lowest BCUT2D eigenvalue weighted by molar-refractivity contribution is -0.145. The average Bonchev–Trinajstić information content (AvgIpc) is 2.96. The van der Waals surface area contributed by atoms with Crippen LogP contribution in [0, 0.1) is 0 Å². The predicted octanol–water partition coefficient (Wildman–Crippen LogP) is 1.42. The Balaban J connectivity index is 2.29. The van der Waals surface area contributed by atoms with E-state index in [-0.39, 0.29) is 12.0 Å². The molecule has 1 N–H and O–H groups in total. The van der Waals surface area contributed by atoms with Crippen LogP contribution in [0.15, 0.2) is 0 Å². The second-order valence-corrected chi connectivity index (χ2v) is 4.51. The molecule has 82 valence electrons. The molecular formula is C10H19NO2S. The van der Waals surface area contributed by atoms with Gasteiger partial charge in [0.2, 0.25) is 0 Å². The third-order valence-corrected chi connectivity index (χ3v) is 2.84. The topological polar surface area (TPSA) is 38.3 Å². The van der Waals surface area contributed by atoms with Crippen molar-refractivity contribution in [3.8, 4) is 0 Å². The van der Waals surface area contributed by atoms with Crippen LogP contribution in [-0.4, -0.2) is 36.7 Å². The molecule has 0 bridgehead atoms. The molecule has 4 heteroatoms. The molecule has 1 fully saturated rings. The highest BCUT2D eigenvalue weighted by Gasteiger charge is 2.28. The van der Waals surface area contributed by atoms with Crippen molar-refractivity contribution in [2.45, 2.75) is 38.3 Å². The van der Waals surface area contributed by atoms with Crippen molar-refractivity contribution in [1.29, 1.82) is 0 Å². The van der Waals surface area contributed by atoms with Crippen molar-refractivity contribution in [2.75, 3.05) is 18.6 Å². The molecule has 0 aromatic carbocycles. The van der Waals surface area contributed by atoms with Gasteiger partial charge in [-0.2, -0.15) is 11.8 Å². The van der Waals surface area contributed by atoms with E-state index in [1.165, 1.54) is 12.8 Å². The van der Waals surface area contributed by atoms with Crippen LogP contribution in [0.3, 0.4) is 0 Å². The normalized spacial score (nSPS) is 17.9. The van der Waals surface area contributed by atoms with Gasteiger partial charge in [-0.05, 0) is 38.2 Å². The standard InChI is InChI=1S/C10H19NO2S/c1-3-13-10(12)9(6-7-14-2)11-8-4-5-8/h8-9,11H,3-7H2,1-2H3. The van der Waals surface area contributed by atoms with Crippen LogP contribution in [0.1, 0.15) is 26.2 Å². The minimum atomic E-state index is -0.0894. The largest absolute Gasteiger partial charge is 0.465 e. The van der Waals surface area contributed by atoms with Gasteiger partial charge in [0.1, 0.15) is 6.04 Å². The van der Waals surface area contributed by atoms with Crippen LogP contribution in [0.25, 0.3) is 0 Å². The number of esters is 1. The van der Waals surface area contributed by atoms with Gasteiger partial charge < -0.3 is 10.1 Å². The van der Waals surface area contributed by atoms with E-state index in [0.29, 0.717) is 12.6 Å². The van der Waals surface area contributed by atoms with Crippen molar-refractivity contribution in [2.24, 2.45) is 0 Å². The Bertz CT molecular complexity index is 183. The maximum atomic E-state index is 11.5. The van der Waals surface area contributed by atoms with Crippen LogP contribution >= 0.6 is 11.8 Å². The van der Waals surface area contributed by atoms with Crippen LogP contribution in [0.4, 0.5) is 0 Å². The summed E-state index contributed by atoms with van der Waals surface area (Å²) in [4.78, 5) is 11.5. The van der Waals surface area contributed by atoms with Gasteiger partial charge in [-0.25, -0.2) is 0 Å². The molecule has 1 atom stereocenters. The Morgan fingerprint density at radius 1 is 1.64 bits per heavy atom. The zero-order valence-corrected chi connectivity index (χ0v) is 9.73. The van der Waals surface area contributed by atoms with Crippen molar-refractivity contribution in [3.63, 3.8) is 0 Å². The van der Waals surface area contributed by atoms with E-state index in [1.54, 1.807) is 11.8 Å². The molecule has 0 heterocycles. The number of nitrogens with one attached hydrogen (secondary N) is 1. The van der Waals surface area contributed by atoms with E-state index in [2.05, 4.69) is 11.6 Å². The maximum Gasteiger partial charge on any atom is 0.323 e. The predicted molar refractivity (Wildman–Crippen MR) is 59.6 cm³/mol. The summed E-state index contributed by atoms with van der Waals surface area (Å²) in [6, 6.07) is 0.473. The maximum absolute atomic E-state index is 11.5. The first-order chi connectivity index (χ1) is 6.77. The number of carbonyl (C=O) groups is 1. The molecule has 14 heavy (non-hydrogen) atoms. The molecule has 1 saturated carbocycles. The first kappa shape index (κ1) is 11.9. The summed E-state index contributed by atoms with van der Waals surface area (Å²) in [6.07, 6.45) is 5.33. The molecule has 0 aliphatic heterocycles. The molecule has 0 radical (unpaired) electrons. The van der Waals surface area contributed by atoms with Gasteiger partial charge in [0.15, 0.2) is 0 Å². The van der Waals surface area contributed by atoms with Gasteiger partial charge in [0, 0.05) is 6.04 Å². The zero-order valence-electron chi connectivity index (χ0n) is 8.91. The van der Waals surface area contributed by atoms with E-state index < -0.39 is 0 Å². The Kier molecular flexibility index (Phi) is 5.33. The third-order valence-electron chi connectivity index (χ3n) is 2.20. The number of hydrogen-bond acceptors (Lipinski definition) is 4. The highest BCUT2D eigenvalue weighted by atomic mass is 32.2. The van der Waals surface area contributed by atoms with Crippen molar-refractivity contribution in [1.82, 2.24) is 5.32 Å². The van der Waals surface area contributed by atoms with Crippen LogP contribution in [0.2, 0.25) is 0 Å². The van der Waals surface area contributed by atoms with Gasteiger partial charge in [-0.3, -0.25) is 4.79 Å². The quantitative estimate of drug-likeness (QED) is 0.655. The molecule has 0 aromatic rings. The molecule has 3 nitrogen and oxygen atoms in total. The summed E-state index contributed by atoms with van der Waals surface area (Å²) < 4.78 is 5.02. The molecule has 1 rings (SSSR count). The van der Waals surface area contributed by atoms with Crippen molar-refractivity contribution < 1.29 is 9.53 Å². The lowest BCUT2D eigenvalue weighted by Gasteiger charge is -2.16. The van der Waals surface area contributed by atoms with Crippen molar-refractivity contribution in [3.05, 3.63) is 0 Å². The fourth-order valence-corrected chi connectivity index (χ4v) is 1.75. The molecule has 0 amide bonds. The second kappa shape index (κ2) is 6.30. The van der Waals surface area contributed by atoms with Gasteiger partial charge in [-0.15, -0.1) is 0 Å². The zero-order chi connectivity index (χ0) is 10.4. The first-order valence-corrected chi connectivity index (χ1v) is 6.59. The summed E-state index contributed by atoms with van der Waals surface area (Å²) in [5.74, 6) is 0.914. The minimum absolute atomic E-state index is 0.0881. The minimum Gasteiger partial charge on any atom is -0.465 e. The van der Waals surface area contributed by atoms with E-state index in [4.69, 9.17) is 4.74 Å². The molecule has 0 saturated heterocycles. The summed E-state index contributed by atoms with van der Waals surface area (Å²) in [6.45, 7) is 2.32. The highest BCUT2D eigenvalue weighted by molar-refractivity contribution is 7.98. The van der Waals surface area contributed by atoms with E-state index in [9.17, 15) is 4.79 Å². The smallest absolute Gasteiger partial charge is 0.323 e. The molecule has 0 aromatic heterocycles. The van der Waals surface area contributed by atoms with Crippen molar-refractivity contribution >= 4 is 17.7 Å². The van der Waals surface area contributed by atoms with E-state index in [0.717, 1.165) is 12.2 Å². The summed E-state index contributed by atoms with van der Waals surface area (Å²) in [5, 5.41) is 3.32. The van der Waals surface area contributed by atoms with Gasteiger partial charge in [0.05, 0.1) is 6.61 Å². The molecule has 1 unspecified atom stereocenters. The summed E-state index contributed by atoms with van der Waals surface area (Å²) in [5.41, 5.74) is 0. The summed E-state index contributed by atoms with van der Waals surface area (Å²) in [7, 11) is 0. The molecule has 0 spiro atoms. The SMILES string of the molecule is CCOC(=O)C(CCSC)NC1CC1. The Morgan fingerprint density at radius 2 is 2.36 bits per heavy atom. The van der Waals surface area contributed by atoms with Crippen LogP contribution in [0.5, 0.6) is 0 Å². The molecule has 1 aliphatic rings. The number of carbonyl (C=O) groups excluding carboxylic acids is 1.